The number of likely N-dealkylation sites (N-methyl/N-ethyl adjacent to an activating group) is 1. The molecular weight excluding hydrogens is 688 g/mol. The summed E-state index contributed by atoms with van der Waals surface area (Å²) in [6.07, 6.45) is 16.1. The Morgan fingerprint density at radius 1 is 0.902 bits per heavy atom. The van der Waals surface area contributed by atoms with Gasteiger partial charge in [0, 0.05) is 37.7 Å². The molecule has 0 unspecified atom stereocenters. The second-order valence-corrected chi connectivity index (χ2v) is 14.9. The maximum Gasteiger partial charge on any atom is 0.338 e. The number of aromatic nitrogens is 2. The van der Waals surface area contributed by atoms with Gasteiger partial charge in [0.25, 0.3) is 5.91 Å². The molecule has 0 fully saturated rings. The van der Waals surface area contributed by atoms with Gasteiger partial charge in [0.15, 0.2) is 5.71 Å². The maximum atomic E-state index is 13.9. The summed E-state index contributed by atoms with van der Waals surface area (Å²) in [5, 5.41) is 3.06. The van der Waals surface area contributed by atoms with E-state index in [0.29, 0.717) is 36.8 Å². The van der Waals surface area contributed by atoms with Crippen LogP contribution in [-0.2, 0) is 19.6 Å². The molecule has 2 N–H and O–H groups in total. The summed E-state index contributed by atoms with van der Waals surface area (Å²) in [6, 6.07) is 10.2. The molecule has 0 aliphatic carbocycles. The molecule has 2 aromatic carbocycles. The van der Waals surface area contributed by atoms with Crippen LogP contribution in [0.3, 0.4) is 0 Å². The lowest BCUT2D eigenvalue weighted by Crippen LogP contribution is -2.34. The van der Waals surface area contributed by atoms with Gasteiger partial charge in [0.05, 0.1) is 40.5 Å². The van der Waals surface area contributed by atoms with Crippen LogP contribution in [0.1, 0.15) is 105 Å². The zero-order valence-corrected chi connectivity index (χ0v) is 32.2. The van der Waals surface area contributed by atoms with Crippen LogP contribution in [0.15, 0.2) is 53.8 Å². The van der Waals surface area contributed by atoms with Crippen LogP contribution >= 0.6 is 11.6 Å². The first-order chi connectivity index (χ1) is 24.4. The summed E-state index contributed by atoms with van der Waals surface area (Å²) >= 11 is 6.48. The van der Waals surface area contributed by atoms with Crippen molar-refractivity contribution in [3.05, 3.63) is 76.3 Å². The summed E-state index contributed by atoms with van der Waals surface area (Å²) in [7, 11) is -3.29. The number of aryl methyl sites for hydroxylation is 2. The lowest BCUT2D eigenvalue weighted by atomic mass is 10.1. The van der Waals surface area contributed by atoms with Crippen molar-refractivity contribution >= 4 is 56.3 Å². The molecule has 0 aliphatic heterocycles. The van der Waals surface area contributed by atoms with E-state index in [1.54, 1.807) is 25.1 Å². The Morgan fingerprint density at radius 2 is 1.57 bits per heavy atom. The number of halogens is 1. The number of carbonyl (C=O) groups is 2. The van der Waals surface area contributed by atoms with Gasteiger partial charge in [-0.3, -0.25) is 14.8 Å². The van der Waals surface area contributed by atoms with Gasteiger partial charge in [-0.05, 0) is 69.2 Å². The monoisotopic (exact) mass is 740 g/mol. The molecule has 0 saturated carbocycles. The molecule has 278 valence electrons. The minimum absolute atomic E-state index is 0.0196. The first kappa shape index (κ1) is 41.5. The number of amides is 1. The van der Waals surface area contributed by atoms with Crippen LogP contribution in [0.5, 0.6) is 0 Å². The van der Waals surface area contributed by atoms with Crippen molar-refractivity contribution in [2.24, 2.45) is 4.99 Å². The molecule has 0 bridgehead atoms. The van der Waals surface area contributed by atoms with Gasteiger partial charge in [-0.25, -0.2) is 22.9 Å². The summed E-state index contributed by atoms with van der Waals surface area (Å²) in [5.41, 5.74) is 3.54. The summed E-state index contributed by atoms with van der Waals surface area (Å²) in [4.78, 5) is 42.2. The Balaban J connectivity index is 1.71. The van der Waals surface area contributed by atoms with Gasteiger partial charge in [0.1, 0.15) is 5.69 Å². The highest BCUT2D eigenvalue weighted by Crippen LogP contribution is 2.28. The van der Waals surface area contributed by atoms with E-state index in [9.17, 15) is 18.0 Å². The minimum atomic E-state index is -3.29. The van der Waals surface area contributed by atoms with E-state index in [1.807, 2.05) is 30.9 Å². The largest absolute Gasteiger partial charge is 0.462 e. The quantitative estimate of drug-likeness (QED) is 0.0600. The topological polar surface area (TPSA) is 143 Å². The number of esters is 1. The Labute approximate surface area is 308 Å². The highest BCUT2D eigenvalue weighted by atomic mass is 35.5. The van der Waals surface area contributed by atoms with E-state index in [0.717, 1.165) is 36.8 Å². The minimum Gasteiger partial charge on any atom is -0.462 e. The van der Waals surface area contributed by atoms with Crippen molar-refractivity contribution in [3.63, 3.8) is 0 Å². The van der Waals surface area contributed by atoms with E-state index >= 15 is 0 Å². The van der Waals surface area contributed by atoms with Crippen molar-refractivity contribution in [3.8, 4) is 0 Å². The van der Waals surface area contributed by atoms with Crippen LogP contribution in [0.4, 0.5) is 17.1 Å². The molecule has 13 heteroatoms. The molecule has 11 nitrogen and oxygen atoms in total. The number of sulfonamides is 1. The number of unbranched alkanes of at least 4 members (excludes halogenated alkanes) is 9. The molecule has 1 amide bonds. The summed E-state index contributed by atoms with van der Waals surface area (Å²) in [6.45, 7) is 9.56. The van der Waals surface area contributed by atoms with E-state index in [-0.39, 0.29) is 28.5 Å². The van der Waals surface area contributed by atoms with Crippen molar-refractivity contribution < 1.29 is 22.7 Å². The van der Waals surface area contributed by atoms with Gasteiger partial charge in [0.2, 0.25) is 10.0 Å². The lowest BCUT2D eigenvalue weighted by molar-refractivity contribution is -0.110. The second-order valence-electron chi connectivity index (χ2n) is 12.6. The van der Waals surface area contributed by atoms with Crippen LogP contribution < -0.4 is 14.9 Å². The number of ether oxygens (including phenoxy) is 1. The SMILES string of the molecule is CCCCCCCCCCCCOC(=O)c1ccc(Cl)c(NC(=O)C(=Nc2ccc(N(CC)CCNS(C)(=O)=O)cc2C)c2nccnc2C)c1. The van der Waals surface area contributed by atoms with Gasteiger partial charge < -0.3 is 15.0 Å². The molecule has 1 aromatic heterocycles. The molecule has 3 aromatic rings. The molecule has 0 aliphatic rings. The number of nitrogens with zero attached hydrogens (tertiary/aromatic N) is 4. The molecule has 0 atom stereocenters. The molecule has 0 spiro atoms. The number of carbonyl (C=O) groups excluding carboxylic acids is 2. The van der Waals surface area contributed by atoms with Gasteiger partial charge in [-0.2, -0.15) is 0 Å². The number of hydrogen-bond acceptors (Lipinski definition) is 9. The third-order valence-electron chi connectivity index (χ3n) is 8.41. The number of nitrogens with one attached hydrogen (secondary N) is 2. The van der Waals surface area contributed by atoms with Crippen molar-refractivity contribution in [2.45, 2.75) is 91.9 Å². The molecule has 51 heavy (non-hydrogen) atoms. The van der Waals surface area contributed by atoms with E-state index in [4.69, 9.17) is 21.3 Å². The fourth-order valence-electron chi connectivity index (χ4n) is 5.54. The predicted octanol–water partition coefficient (Wildman–Crippen LogP) is 7.96. The van der Waals surface area contributed by atoms with Crippen molar-refractivity contribution in [2.75, 3.05) is 42.7 Å². The highest BCUT2D eigenvalue weighted by molar-refractivity contribution is 7.88. The number of rotatable bonds is 22. The Kier molecular flexibility index (Phi) is 17.5. The Bertz CT molecular complexity index is 1730. The van der Waals surface area contributed by atoms with Crippen LogP contribution in [0, 0.1) is 13.8 Å². The Morgan fingerprint density at radius 3 is 2.20 bits per heavy atom. The van der Waals surface area contributed by atoms with E-state index < -0.39 is 21.9 Å². The lowest BCUT2D eigenvalue weighted by Gasteiger charge is -2.24. The maximum absolute atomic E-state index is 13.9. The zero-order chi connectivity index (χ0) is 37.2. The second kappa shape index (κ2) is 21.5. The molecule has 0 saturated heterocycles. The predicted molar refractivity (Wildman–Crippen MR) is 207 cm³/mol. The summed E-state index contributed by atoms with van der Waals surface area (Å²) in [5.74, 6) is -1.07. The first-order valence-electron chi connectivity index (χ1n) is 17.9. The van der Waals surface area contributed by atoms with Crippen LogP contribution in [-0.4, -0.2) is 68.5 Å². The van der Waals surface area contributed by atoms with Gasteiger partial charge >= 0.3 is 5.97 Å². The van der Waals surface area contributed by atoms with Crippen LogP contribution in [0.2, 0.25) is 5.02 Å². The van der Waals surface area contributed by atoms with E-state index in [1.165, 1.54) is 63.4 Å². The molecular formula is C38H53ClN6O5S. The number of hydrogen-bond donors (Lipinski definition) is 2. The molecule has 1 heterocycles. The number of aliphatic imine (C=N–C) groups is 1. The first-order valence-corrected chi connectivity index (χ1v) is 20.1. The molecule has 0 radical (unpaired) electrons. The summed E-state index contributed by atoms with van der Waals surface area (Å²) < 4.78 is 31.1. The average molecular weight is 741 g/mol. The third-order valence-corrected chi connectivity index (χ3v) is 9.47. The third kappa shape index (κ3) is 14.3. The van der Waals surface area contributed by atoms with Crippen molar-refractivity contribution in [1.29, 1.82) is 0 Å². The average Bonchev–Trinajstić information content (AvgIpc) is 3.09. The van der Waals surface area contributed by atoms with Crippen molar-refractivity contribution in [1.82, 2.24) is 14.7 Å². The number of anilines is 2. The van der Waals surface area contributed by atoms with E-state index in [2.05, 4.69) is 26.9 Å². The smallest absolute Gasteiger partial charge is 0.338 e. The Hall–Kier alpha value is -3.87. The van der Waals surface area contributed by atoms with Crippen LogP contribution in [0.25, 0.3) is 0 Å². The normalized spacial score (nSPS) is 11.8. The fourth-order valence-corrected chi connectivity index (χ4v) is 6.16. The zero-order valence-electron chi connectivity index (χ0n) is 30.6. The molecule has 3 rings (SSSR count). The highest BCUT2D eigenvalue weighted by Gasteiger charge is 2.21. The van der Waals surface area contributed by atoms with Gasteiger partial charge in [-0.1, -0.05) is 76.3 Å². The fraction of sp³-hybridized carbons (Fsp3) is 0.500. The van der Waals surface area contributed by atoms with Gasteiger partial charge in [-0.15, -0.1) is 0 Å². The number of benzene rings is 2. The standard InChI is InChI=1S/C38H53ClN6O5S/c1-6-8-9-10-11-12-13-14-15-16-25-50-38(47)30-17-19-32(39)34(27-30)44-37(46)36(35-29(4)40-21-22-41-35)43-33-20-18-31(26-28(33)3)45(7-2)24-23-42-51(5,48)49/h17-22,26-27,42H,6-16,23-25H2,1-5H3,(H,44,46).